The van der Waals surface area contributed by atoms with Crippen LogP contribution in [0, 0.1) is 6.92 Å². The number of aromatic amines is 1. The van der Waals surface area contributed by atoms with Crippen molar-refractivity contribution in [2.75, 3.05) is 58.4 Å². The second-order valence-corrected chi connectivity index (χ2v) is 14.0. The van der Waals surface area contributed by atoms with Crippen molar-refractivity contribution >= 4 is 33.7 Å². The minimum Gasteiger partial charge on any atom is -0.496 e. The number of ether oxygens (including phenoxy) is 4. The SMILES string of the molecule is COc1cc2c(N3CCN(C(=O)OC(C)(C)C)CC3)nc(OC[C@@H]3CCCN3C)nc2c(OC2CC2)c1-c1c(C)ccc2[nH]ncc12. The highest BCUT2D eigenvalue weighted by Crippen LogP contribution is 2.50. The van der Waals surface area contributed by atoms with Gasteiger partial charge in [-0.1, -0.05) is 6.07 Å². The van der Waals surface area contributed by atoms with Crippen LogP contribution in [-0.2, 0) is 4.74 Å². The second kappa shape index (κ2) is 12.4. The number of H-pyrrole nitrogens is 1. The fourth-order valence-corrected chi connectivity index (χ4v) is 6.59. The summed E-state index contributed by atoms with van der Waals surface area (Å²) in [6.45, 7) is 11.5. The van der Waals surface area contributed by atoms with E-state index in [1.54, 1.807) is 12.0 Å². The first-order chi connectivity index (χ1) is 22.6. The van der Waals surface area contributed by atoms with Crippen molar-refractivity contribution in [3.63, 3.8) is 0 Å². The quantitative estimate of drug-likeness (QED) is 0.261. The van der Waals surface area contributed by atoms with Crippen LogP contribution in [0.3, 0.4) is 0 Å². The maximum Gasteiger partial charge on any atom is 0.410 e. The molecule has 250 valence electrons. The number of aryl methyl sites for hydroxylation is 1. The van der Waals surface area contributed by atoms with Crippen molar-refractivity contribution in [2.24, 2.45) is 0 Å². The van der Waals surface area contributed by atoms with Crippen LogP contribution in [0.15, 0.2) is 24.4 Å². The summed E-state index contributed by atoms with van der Waals surface area (Å²) in [5.74, 6) is 2.07. The molecule has 1 amide bonds. The van der Waals surface area contributed by atoms with Crippen molar-refractivity contribution < 1.29 is 23.7 Å². The maximum atomic E-state index is 12.9. The molecule has 4 heterocycles. The van der Waals surface area contributed by atoms with Gasteiger partial charge in [0.1, 0.15) is 29.3 Å². The number of nitrogens with zero attached hydrogens (tertiary/aromatic N) is 6. The Balaban J connectivity index is 1.35. The summed E-state index contributed by atoms with van der Waals surface area (Å²) in [6.07, 6.45) is 5.84. The maximum absolute atomic E-state index is 12.9. The van der Waals surface area contributed by atoms with E-state index >= 15 is 0 Å². The number of aromatic nitrogens is 4. The molecule has 3 aliphatic rings. The number of piperazine rings is 1. The lowest BCUT2D eigenvalue weighted by Gasteiger charge is -2.36. The van der Waals surface area contributed by atoms with Gasteiger partial charge in [0, 0.05) is 43.2 Å². The average molecular weight is 644 g/mol. The monoisotopic (exact) mass is 643 g/mol. The number of benzene rings is 2. The summed E-state index contributed by atoms with van der Waals surface area (Å²) in [7, 11) is 3.82. The molecule has 0 unspecified atom stereocenters. The molecule has 3 fully saturated rings. The van der Waals surface area contributed by atoms with Crippen molar-refractivity contribution in [3.8, 4) is 28.6 Å². The smallest absolute Gasteiger partial charge is 0.410 e. The predicted octanol–water partition coefficient (Wildman–Crippen LogP) is 5.56. The second-order valence-electron chi connectivity index (χ2n) is 14.0. The van der Waals surface area contributed by atoms with Gasteiger partial charge in [0.2, 0.25) is 0 Å². The van der Waals surface area contributed by atoms with E-state index in [0.29, 0.717) is 61.9 Å². The van der Waals surface area contributed by atoms with Crippen LogP contribution >= 0.6 is 0 Å². The molecule has 4 aromatic rings. The predicted molar refractivity (Wildman–Crippen MR) is 181 cm³/mol. The molecule has 1 saturated carbocycles. The summed E-state index contributed by atoms with van der Waals surface area (Å²) in [4.78, 5) is 29.2. The van der Waals surface area contributed by atoms with Gasteiger partial charge < -0.3 is 33.6 Å². The molecular weight excluding hydrogens is 598 g/mol. The minimum absolute atomic E-state index is 0.0974. The number of fused-ring (bicyclic) bond motifs is 2. The Morgan fingerprint density at radius 1 is 1.02 bits per heavy atom. The number of hydrogen-bond acceptors (Lipinski definition) is 10. The summed E-state index contributed by atoms with van der Waals surface area (Å²) in [5, 5.41) is 9.25. The van der Waals surface area contributed by atoms with Gasteiger partial charge in [0.05, 0.1) is 35.9 Å². The van der Waals surface area contributed by atoms with Gasteiger partial charge in [-0.15, -0.1) is 0 Å². The van der Waals surface area contributed by atoms with Crippen molar-refractivity contribution in [2.45, 2.75) is 71.1 Å². The standard InChI is InChI=1S/C35H45N7O5/c1-21-9-12-26-25(19-36-39-26)28(21)29-27(44-6)18-24-30(31(29)46-23-10-11-23)37-33(45-20-22-8-7-13-40(22)5)38-32(24)41-14-16-42(17-15-41)34(43)47-35(2,3)4/h9,12,18-19,22-23H,7-8,10-11,13-17,20H2,1-6H3,(H,36,39)/t22-/m0/s1. The molecule has 2 saturated heterocycles. The molecule has 2 aromatic heterocycles. The topological polar surface area (TPSA) is 118 Å². The van der Waals surface area contributed by atoms with E-state index in [1.165, 1.54) is 0 Å². The Labute approximate surface area is 275 Å². The van der Waals surface area contributed by atoms with Gasteiger partial charge in [-0.2, -0.15) is 15.1 Å². The van der Waals surface area contributed by atoms with Crippen LogP contribution < -0.4 is 19.1 Å². The van der Waals surface area contributed by atoms with Crippen molar-refractivity contribution in [3.05, 3.63) is 30.0 Å². The third-order valence-electron chi connectivity index (χ3n) is 9.29. The van der Waals surface area contributed by atoms with Gasteiger partial charge in [0.15, 0.2) is 5.75 Å². The highest BCUT2D eigenvalue weighted by molar-refractivity contribution is 6.06. The van der Waals surface area contributed by atoms with Gasteiger partial charge in [-0.3, -0.25) is 5.10 Å². The lowest BCUT2D eigenvalue weighted by Crippen LogP contribution is -2.50. The van der Waals surface area contributed by atoms with E-state index < -0.39 is 5.60 Å². The molecule has 12 heteroatoms. The zero-order chi connectivity index (χ0) is 32.9. The summed E-state index contributed by atoms with van der Waals surface area (Å²) < 4.78 is 25.0. The van der Waals surface area contributed by atoms with Crippen molar-refractivity contribution in [1.29, 1.82) is 0 Å². The van der Waals surface area contributed by atoms with Crippen LogP contribution in [0.25, 0.3) is 32.9 Å². The van der Waals surface area contributed by atoms with E-state index in [2.05, 4.69) is 40.0 Å². The molecule has 1 N–H and O–H groups in total. The lowest BCUT2D eigenvalue weighted by molar-refractivity contribution is 0.0240. The molecule has 47 heavy (non-hydrogen) atoms. The number of likely N-dealkylation sites (N-methyl/N-ethyl adjacent to an activating group) is 1. The first-order valence-corrected chi connectivity index (χ1v) is 16.7. The highest BCUT2D eigenvalue weighted by atomic mass is 16.6. The molecule has 2 aliphatic heterocycles. The van der Waals surface area contributed by atoms with E-state index in [0.717, 1.165) is 71.0 Å². The first-order valence-electron chi connectivity index (χ1n) is 16.7. The third kappa shape index (κ3) is 6.35. The minimum atomic E-state index is -0.554. The summed E-state index contributed by atoms with van der Waals surface area (Å²) in [6, 6.07) is 6.77. The van der Waals surface area contributed by atoms with Crippen LogP contribution in [-0.4, -0.2) is 107 Å². The molecule has 2 aromatic carbocycles. The number of carbonyl (C=O) groups excluding carboxylic acids is 1. The molecule has 0 spiro atoms. The number of anilines is 1. The fourth-order valence-electron chi connectivity index (χ4n) is 6.59. The molecule has 0 bridgehead atoms. The van der Waals surface area contributed by atoms with Crippen LogP contribution in [0.1, 0.15) is 52.0 Å². The Morgan fingerprint density at radius 3 is 2.49 bits per heavy atom. The average Bonchev–Trinajstić information content (AvgIpc) is 3.57. The van der Waals surface area contributed by atoms with Crippen LogP contribution in [0.5, 0.6) is 17.5 Å². The van der Waals surface area contributed by atoms with Gasteiger partial charge in [-0.05, 0) is 84.7 Å². The van der Waals surface area contributed by atoms with E-state index in [-0.39, 0.29) is 12.2 Å². The number of methoxy groups -OCH3 is 1. The molecule has 7 rings (SSSR count). The Kier molecular flexibility index (Phi) is 8.23. The molecule has 0 radical (unpaired) electrons. The number of hydrogen-bond donors (Lipinski definition) is 1. The number of amides is 1. The van der Waals surface area contributed by atoms with E-state index in [1.807, 2.05) is 39.1 Å². The fraction of sp³-hybridized carbons (Fsp3) is 0.543. The normalized spacial score (nSPS) is 19.1. The van der Waals surface area contributed by atoms with Gasteiger partial charge >= 0.3 is 12.1 Å². The van der Waals surface area contributed by atoms with Crippen molar-refractivity contribution in [1.82, 2.24) is 30.0 Å². The Hall–Kier alpha value is -4.32. The summed E-state index contributed by atoms with van der Waals surface area (Å²) >= 11 is 0. The number of carbonyl (C=O) groups is 1. The first kappa shape index (κ1) is 31.3. The lowest BCUT2D eigenvalue weighted by atomic mass is 9.94. The Bertz CT molecular complexity index is 1790. The largest absolute Gasteiger partial charge is 0.496 e. The van der Waals surface area contributed by atoms with Crippen LogP contribution in [0.2, 0.25) is 0 Å². The van der Waals surface area contributed by atoms with Gasteiger partial charge in [-0.25, -0.2) is 4.79 Å². The zero-order valence-electron chi connectivity index (χ0n) is 28.3. The number of likely N-dealkylation sites (tertiary alicyclic amines) is 1. The van der Waals surface area contributed by atoms with E-state index in [4.69, 9.17) is 28.9 Å². The Morgan fingerprint density at radius 2 is 1.81 bits per heavy atom. The zero-order valence-corrected chi connectivity index (χ0v) is 28.3. The van der Waals surface area contributed by atoms with Crippen LogP contribution in [0.4, 0.5) is 10.6 Å². The molecule has 12 nitrogen and oxygen atoms in total. The molecule has 1 aliphatic carbocycles. The molecular formula is C35H45N7O5. The van der Waals surface area contributed by atoms with Gasteiger partial charge in [0.25, 0.3) is 0 Å². The van der Waals surface area contributed by atoms with E-state index in [9.17, 15) is 4.79 Å². The summed E-state index contributed by atoms with van der Waals surface area (Å²) in [5.41, 5.74) is 3.97. The number of rotatable bonds is 8. The molecule has 1 atom stereocenters. The highest BCUT2D eigenvalue weighted by Gasteiger charge is 2.33. The number of nitrogens with one attached hydrogen (secondary N) is 1. The third-order valence-corrected chi connectivity index (χ3v) is 9.29.